The summed E-state index contributed by atoms with van der Waals surface area (Å²) in [7, 11) is 1.30. The van der Waals surface area contributed by atoms with Crippen molar-refractivity contribution in [3.8, 4) is 0 Å². The van der Waals surface area contributed by atoms with Gasteiger partial charge in [0.15, 0.2) is 5.76 Å². The Kier molecular flexibility index (Phi) is 7.70. The van der Waals surface area contributed by atoms with Crippen LogP contribution in [0.15, 0.2) is 111 Å². The summed E-state index contributed by atoms with van der Waals surface area (Å²) < 4.78 is 14.5. The molecule has 1 aromatic heterocycles. The first-order chi connectivity index (χ1) is 20.4. The number of carbonyl (C=O) groups excluding carboxylic acids is 2. The maximum atomic E-state index is 13.5. The second-order valence-corrected chi connectivity index (χ2v) is 11.5. The number of rotatable bonds is 6. The van der Waals surface area contributed by atoms with Crippen molar-refractivity contribution < 1.29 is 19.1 Å². The number of nitrogens with zero attached hydrogens (tertiary/aromatic N) is 3. The Morgan fingerprint density at radius 1 is 1.12 bits per heavy atom. The zero-order valence-corrected chi connectivity index (χ0v) is 25.8. The molecule has 6 rings (SSSR count). The number of hydrogen-bond donors (Lipinski definition) is 0. The highest BCUT2D eigenvalue weighted by Gasteiger charge is 2.35. The van der Waals surface area contributed by atoms with Gasteiger partial charge >= 0.3 is 12.0 Å². The van der Waals surface area contributed by atoms with Crippen LogP contribution < -0.4 is 0 Å². The second kappa shape index (κ2) is 11.6. The lowest BCUT2D eigenvalue weighted by atomic mass is 10.1. The van der Waals surface area contributed by atoms with Crippen molar-refractivity contribution in [1.29, 1.82) is 0 Å². The Morgan fingerprint density at radius 2 is 1.93 bits per heavy atom. The first-order valence-electron chi connectivity index (χ1n) is 13.2. The van der Waals surface area contributed by atoms with Crippen LogP contribution in [0, 0.1) is 0 Å². The van der Waals surface area contributed by atoms with Crippen LogP contribution in [0.3, 0.4) is 0 Å². The highest BCUT2D eigenvalue weighted by molar-refractivity contribution is 9.11. The molecule has 1 saturated heterocycles. The van der Waals surface area contributed by atoms with Crippen LogP contribution in [0.2, 0.25) is 0 Å². The van der Waals surface area contributed by atoms with Crippen molar-refractivity contribution >= 4 is 83.3 Å². The molecular weight excluding hydrogens is 662 g/mol. The summed E-state index contributed by atoms with van der Waals surface area (Å²) >= 11 is 6.86. The van der Waals surface area contributed by atoms with Crippen molar-refractivity contribution in [2.75, 3.05) is 13.7 Å². The molecule has 4 aromatic rings. The molecule has 42 heavy (non-hydrogen) atoms. The minimum atomic E-state index is -0.570. The number of methoxy groups -OCH3 is 1. The minimum Gasteiger partial charge on any atom is -0.465 e. The van der Waals surface area contributed by atoms with Gasteiger partial charge in [-0.25, -0.2) is 4.79 Å². The zero-order chi connectivity index (χ0) is 29.4. The molecule has 0 saturated carbocycles. The smallest absolute Gasteiger partial charge is 0.340 e. The van der Waals surface area contributed by atoms with E-state index in [-0.39, 0.29) is 41.5 Å². The SMILES string of the molecule is C=CCN1C(=O)/C(=C\c2ccc3c(c2)c2ccccc2n3C2C=CC=CC2)OC1=Nc1c(Br)cc(Br)cc1C(=O)OC. The Hall–Kier alpha value is -4.21. The molecule has 0 N–H and O–H groups in total. The van der Waals surface area contributed by atoms with E-state index in [1.165, 1.54) is 12.0 Å². The van der Waals surface area contributed by atoms with Crippen LogP contribution >= 0.6 is 31.9 Å². The number of aromatic nitrogens is 1. The van der Waals surface area contributed by atoms with Crippen LogP contribution in [0.1, 0.15) is 28.4 Å². The molecule has 0 bridgehead atoms. The summed E-state index contributed by atoms with van der Waals surface area (Å²) in [5.41, 5.74) is 3.58. The summed E-state index contributed by atoms with van der Waals surface area (Å²) in [6, 6.07) is 18.1. The summed E-state index contributed by atoms with van der Waals surface area (Å²) in [5, 5.41) is 2.23. The quantitative estimate of drug-likeness (QED) is 0.116. The number of para-hydroxylation sites is 1. The van der Waals surface area contributed by atoms with Crippen molar-refractivity contribution in [2.45, 2.75) is 12.5 Å². The van der Waals surface area contributed by atoms with E-state index in [4.69, 9.17) is 9.47 Å². The predicted molar refractivity (Wildman–Crippen MR) is 173 cm³/mol. The number of fused-ring (bicyclic) bond motifs is 3. The number of amides is 1. The number of benzene rings is 3. The van der Waals surface area contributed by atoms with Gasteiger partial charge in [0.05, 0.1) is 24.4 Å². The van der Waals surface area contributed by atoms with E-state index >= 15 is 0 Å². The molecule has 7 nitrogen and oxygen atoms in total. The first-order valence-corrected chi connectivity index (χ1v) is 14.8. The third-order valence-electron chi connectivity index (χ3n) is 7.16. The molecule has 0 radical (unpaired) electrons. The van der Waals surface area contributed by atoms with Crippen molar-refractivity contribution in [1.82, 2.24) is 9.47 Å². The van der Waals surface area contributed by atoms with Crippen LogP contribution in [-0.4, -0.2) is 41.0 Å². The molecule has 0 spiro atoms. The first kappa shape index (κ1) is 27.9. The molecule has 1 unspecified atom stereocenters. The normalized spacial score (nSPS) is 18.4. The minimum absolute atomic E-state index is 0.0362. The summed E-state index contributed by atoms with van der Waals surface area (Å²) in [5.74, 6) is -0.811. The zero-order valence-electron chi connectivity index (χ0n) is 22.6. The Bertz CT molecular complexity index is 1900. The standard InChI is InChI=1S/C33H25Br2N3O4/c1-3-15-37-31(39)29(42-33(37)36-30-25(32(40)41-2)18-21(34)19-26(30)35)17-20-13-14-28-24(16-20)23-11-7-8-12-27(23)38(28)22-9-5-4-6-10-22/h3-9,11-14,16-19,22H,1,10,15H2,2H3/b29-17+,36-33?. The molecule has 1 atom stereocenters. The van der Waals surface area contributed by atoms with E-state index in [9.17, 15) is 9.59 Å². The number of esters is 1. The van der Waals surface area contributed by atoms with E-state index < -0.39 is 5.97 Å². The number of hydrogen-bond acceptors (Lipinski definition) is 5. The maximum absolute atomic E-state index is 13.5. The van der Waals surface area contributed by atoms with Gasteiger partial charge in [0.1, 0.15) is 0 Å². The van der Waals surface area contributed by atoms with Gasteiger partial charge in [0, 0.05) is 37.3 Å². The average Bonchev–Trinajstić information content (AvgIpc) is 3.48. The molecule has 1 aliphatic heterocycles. The van der Waals surface area contributed by atoms with Crippen LogP contribution in [0.5, 0.6) is 0 Å². The van der Waals surface area contributed by atoms with E-state index in [0.29, 0.717) is 8.95 Å². The number of ether oxygens (including phenoxy) is 2. The number of aliphatic imine (C=N–C) groups is 1. The maximum Gasteiger partial charge on any atom is 0.340 e. The van der Waals surface area contributed by atoms with Crippen LogP contribution in [-0.2, 0) is 14.3 Å². The van der Waals surface area contributed by atoms with Gasteiger partial charge in [-0.2, -0.15) is 4.99 Å². The lowest BCUT2D eigenvalue weighted by Crippen LogP contribution is -2.29. The third kappa shape index (κ3) is 5.03. The fraction of sp³-hybridized carbons (Fsp3) is 0.121. The molecule has 2 aliphatic rings. The topological polar surface area (TPSA) is 73.1 Å². The highest BCUT2D eigenvalue weighted by Crippen LogP contribution is 2.37. The van der Waals surface area contributed by atoms with Gasteiger partial charge in [-0.3, -0.25) is 9.69 Å². The van der Waals surface area contributed by atoms with Gasteiger partial charge in [0.2, 0.25) is 0 Å². The molecule has 1 fully saturated rings. The van der Waals surface area contributed by atoms with Crippen molar-refractivity contribution in [3.05, 3.63) is 117 Å². The average molecular weight is 687 g/mol. The lowest BCUT2D eigenvalue weighted by molar-refractivity contribution is -0.122. The van der Waals surface area contributed by atoms with Gasteiger partial charge in [-0.05, 0) is 64.3 Å². The largest absolute Gasteiger partial charge is 0.465 e. The predicted octanol–water partition coefficient (Wildman–Crippen LogP) is 8.24. The molecule has 9 heteroatoms. The van der Waals surface area contributed by atoms with E-state index in [2.05, 4.69) is 103 Å². The Balaban J connectivity index is 1.42. The molecule has 210 valence electrons. The van der Waals surface area contributed by atoms with E-state index in [1.807, 2.05) is 12.1 Å². The Morgan fingerprint density at radius 3 is 2.69 bits per heavy atom. The fourth-order valence-corrected chi connectivity index (χ4v) is 6.61. The summed E-state index contributed by atoms with van der Waals surface area (Å²) in [6.45, 7) is 3.95. The number of amidine groups is 1. The Labute approximate surface area is 259 Å². The van der Waals surface area contributed by atoms with Gasteiger partial charge in [-0.1, -0.05) is 70.6 Å². The molecular formula is C33H25Br2N3O4. The van der Waals surface area contributed by atoms with E-state index in [1.54, 1.807) is 24.3 Å². The number of halogens is 2. The van der Waals surface area contributed by atoms with Crippen LogP contribution in [0.4, 0.5) is 5.69 Å². The molecule has 2 heterocycles. The lowest BCUT2D eigenvalue weighted by Gasteiger charge is -2.18. The molecule has 1 aliphatic carbocycles. The van der Waals surface area contributed by atoms with Crippen molar-refractivity contribution in [2.24, 2.45) is 4.99 Å². The highest BCUT2D eigenvalue weighted by atomic mass is 79.9. The summed E-state index contributed by atoms with van der Waals surface area (Å²) in [4.78, 5) is 31.9. The number of carbonyl (C=O) groups is 2. The van der Waals surface area contributed by atoms with Crippen molar-refractivity contribution in [3.63, 3.8) is 0 Å². The number of allylic oxidation sites excluding steroid dienone is 4. The third-order valence-corrected chi connectivity index (χ3v) is 8.22. The van der Waals surface area contributed by atoms with Crippen LogP contribution in [0.25, 0.3) is 27.9 Å². The fourth-order valence-electron chi connectivity index (χ4n) is 5.30. The van der Waals surface area contributed by atoms with E-state index in [0.717, 1.165) is 33.8 Å². The summed E-state index contributed by atoms with van der Waals surface area (Å²) in [6.07, 6.45) is 12.8. The van der Waals surface area contributed by atoms with Gasteiger partial charge in [0.25, 0.3) is 5.91 Å². The molecule has 1 amide bonds. The second-order valence-electron chi connectivity index (χ2n) is 9.76. The van der Waals surface area contributed by atoms with Gasteiger partial charge < -0.3 is 14.0 Å². The van der Waals surface area contributed by atoms with Gasteiger partial charge in [-0.15, -0.1) is 6.58 Å². The monoisotopic (exact) mass is 685 g/mol. The molecule has 3 aromatic carbocycles.